The van der Waals surface area contributed by atoms with Crippen LogP contribution in [0.3, 0.4) is 0 Å². The van der Waals surface area contributed by atoms with Crippen LogP contribution in [0.4, 0.5) is 4.39 Å². The van der Waals surface area contributed by atoms with Gasteiger partial charge in [-0.25, -0.2) is 4.39 Å². The third-order valence-corrected chi connectivity index (χ3v) is 5.34. The number of rotatable bonds is 4. The maximum absolute atomic E-state index is 13.7. The molecule has 2 nitrogen and oxygen atoms in total. The molecule has 0 aliphatic heterocycles. The van der Waals surface area contributed by atoms with E-state index in [-0.39, 0.29) is 0 Å². The van der Waals surface area contributed by atoms with Gasteiger partial charge >= 0.3 is 0 Å². The Morgan fingerprint density at radius 1 is 1.48 bits per heavy atom. The van der Waals surface area contributed by atoms with Gasteiger partial charge in [-0.05, 0) is 65.2 Å². The Morgan fingerprint density at radius 3 is 2.67 bits per heavy atom. The van der Waals surface area contributed by atoms with Gasteiger partial charge in [0.1, 0.15) is 5.82 Å². The molecule has 1 aliphatic carbocycles. The summed E-state index contributed by atoms with van der Waals surface area (Å²) in [5, 5.41) is 20.2. The zero-order valence-electron chi connectivity index (χ0n) is 12.3. The predicted octanol–water partition coefficient (Wildman–Crippen LogP) is 5.12. The van der Waals surface area contributed by atoms with E-state index in [1.165, 1.54) is 12.5 Å². The van der Waals surface area contributed by atoms with Crippen molar-refractivity contribution < 1.29 is 9.50 Å². The van der Waals surface area contributed by atoms with Gasteiger partial charge in [-0.15, -0.1) is 0 Å². The van der Waals surface area contributed by atoms with E-state index in [9.17, 15) is 14.8 Å². The second kappa shape index (κ2) is 6.89. The van der Waals surface area contributed by atoms with Crippen molar-refractivity contribution in [2.75, 3.05) is 0 Å². The second-order valence-electron chi connectivity index (χ2n) is 6.08. The van der Waals surface area contributed by atoms with E-state index < -0.39 is 17.3 Å². The number of nitrogens with zero attached hydrogens (tertiary/aromatic N) is 1. The Hall–Kier alpha value is -0.920. The minimum absolute atomic E-state index is 0.371. The van der Waals surface area contributed by atoms with Crippen molar-refractivity contribution in [3.05, 3.63) is 34.1 Å². The highest BCUT2D eigenvalue weighted by atomic mass is 79.9. The van der Waals surface area contributed by atoms with Crippen LogP contribution in [-0.4, -0.2) is 5.11 Å². The van der Waals surface area contributed by atoms with E-state index in [0.717, 1.165) is 19.3 Å². The molecular weight excluding hydrogens is 333 g/mol. The highest BCUT2D eigenvalue weighted by Crippen LogP contribution is 2.48. The Balaban J connectivity index is 2.17. The summed E-state index contributed by atoms with van der Waals surface area (Å²) in [4.78, 5) is 0. The molecule has 1 aromatic carbocycles. The first-order valence-corrected chi connectivity index (χ1v) is 8.36. The summed E-state index contributed by atoms with van der Waals surface area (Å²) in [6, 6.07) is 6.93. The Morgan fingerprint density at radius 2 is 2.14 bits per heavy atom. The highest BCUT2D eigenvalue weighted by Gasteiger charge is 2.42. The lowest BCUT2D eigenvalue weighted by atomic mass is 9.66. The van der Waals surface area contributed by atoms with Crippen LogP contribution in [0, 0.1) is 28.5 Å². The van der Waals surface area contributed by atoms with Gasteiger partial charge in [-0.2, -0.15) is 5.26 Å². The Bertz CT molecular complexity index is 532. The maximum Gasteiger partial charge on any atom is 0.137 e. The standard InChI is InChI=1S/C17H21BrFNO/c1-2-3-12-6-8-17(11-20,9-7-12)16(21)13-4-5-14(18)15(19)10-13/h4-5,10,12,16,21H,2-3,6-9H2,1H3. The van der Waals surface area contributed by atoms with Gasteiger partial charge < -0.3 is 5.11 Å². The molecule has 1 aromatic rings. The molecule has 2 rings (SSSR count). The Labute approximate surface area is 134 Å². The van der Waals surface area contributed by atoms with E-state index in [0.29, 0.717) is 28.8 Å². The van der Waals surface area contributed by atoms with E-state index in [1.54, 1.807) is 12.1 Å². The predicted molar refractivity (Wildman–Crippen MR) is 84.0 cm³/mol. The topological polar surface area (TPSA) is 44.0 Å². The third kappa shape index (κ3) is 3.46. The minimum Gasteiger partial charge on any atom is -0.387 e. The van der Waals surface area contributed by atoms with Gasteiger partial charge in [0.15, 0.2) is 0 Å². The first-order valence-electron chi connectivity index (χ1n) is 7.56. The smallest absolute Gasteiger partial charge is 0.137 e. The van der Waals surface area contributed by atoms with Gasteiger partial charge in [0, 0.05) is 0 Å². The molecule has 0 amide bonds. The van der Waals surface area contributed by atoms with Crippen molar-refractivity contribution in [1.29, 1.82) is 5.26 Å². The first-order chi connectivity index (χ1) is 10.0. The molecule has 1 unspecified atom stereocenters. The lowest BCUT2D eigenvalue weighted by Crippen LogP contribution is -2.32. The molecule has 21 heavy (non-hydrogen) atoms. The lowest BCUT2D eigenvalue weighted by molar-refractivity contribution is 0.0234. The molecule has 0 heterocycles. The minimum atomic E-state index is -0.923. The largest absolute Gasteiger partial charge is 0.387 e. The number of hydrogen-bond donors (Lipinski definition) is 1. The molecule has 0 aromatic heterocycles. The SMILES string of the molecule is CCCC1CCC(C#N)(C(O)c2ccc(Br)c(F)c2)CC1. The van der Waals surface area contributed by atoms with Crippen LogP contribution >= 0.6 is 15.9 Å². The number of aliphatic hydroxyl groups is 1. The highest BCUT2D eigenvalue weighted by molar-refractivity contribution is 9.10. The van der Waals surface area contributed by atoms with Gasteiger partial charge in [0.2, 0.25) is 0 Å². The van der Waals surface area contributed by atoms with Crippen LogP contribution in [0.15, 0.2) is 22.7 Å². The molecule has 0 radical (unpaired) electrons. The van der Waals surface area contributed by atoms with Crippen LogP contribution < -0.4 is 0 Å². The molecule has 114 valence electrons. The summed E-state index contributed by atoms with van der Waals surface area (Å²) in [6.45, 7) is 2.17. The van der Waals surface area contributed by atoms with Gasteiger partial charge in [-0.3, -0.25) is 0 Å². The van der Waals surface area contributed by atoms with Gasteiger partial charge in [0.05, 0.1) is 22.1 Å². The summed E-state index contributed by atoms with van der Waals surface area (Å²) in [5.74, 6) is 0.254. The lowest BCUT2D eigenvalue weighted by Gasteiger charge is -2.38. The maximum atomic E-state index is 13.7. The molecule has 1 aliphatic rings. The average Bonchev–Trinajstić information content (AvgIpc) is 2.51. The number of aliphatic hydroxyl groups excluding tert-OH is 1. The fourth-order valence-electron chi connectivity index (χ4n) is 3.34. The van der Waals surface area contributed by atoms with Gasteiger partial charge in [0.25, 0.3) is 0 Å². The zero-order chi connectivity index (χ0) is 15.5. The Kier molecular flexibility index (Phi) is 5.40. The summed E-state index contributed by atoms with van der Waals surface area (Å²) in [7, 11) is 0. The number of hydrogen-bond acceptors (Lipinski definition) is 2. The van der Waals surface area contributed by atoms with E-state index >= 15 is 0 Å². The van der Waals surface area contributed by atoms with Crippen LogP contribution in [0.5, 0.6) is 0 Å². The van der Waals surface area contributed by atoms with Crippen molar-refractivity contribution in [3.8, 4) is 6.07 Å². The van der Waals surface area contributed by atoms with Crippen LogP contribution in [0.25, 0.3) is 0 Å². The van der Waals surface area contributed by atoms with Crippen molar-refractivity contribution >= 4 is 15.9 Å². The third-order valence-electron chi connectivity index (χ3n) is 4.70. The van der Waals surface area contributed by atoms with Crippen LogP contribution in [0.2, 0.25) is 0 Å². The molecule has 1 N–H and O–H groups in total. The fourth-order valence-corrected chi connectivity index (χ4v) is 3.58. The normalized spacial score (nSPS) is 27.1. The van der Waals surface area contributed by atoms with Crippen LogP contribution in [-0.2, 0) is 0 Å². The molecule has 1 fully saturated rings. The number of halogens is 2. The van der Waals surface area contributed by atoms with Crippen molar-refractivity contribution in [3.63, 3.8) is 0 Å². The quantitative estimate of drug-likeness (QED) is 0.815. The molecule has 0 bridgehead atoms. The van der Waals surface area contributed by atoms with Gasteiger partial charge in [-0.1, -0.05) is 25.8 Å². The summed E-state index contributed by atoms with van der Waals surface area (Å²) in [5.41, 5.74) is -0.281. The first kappa shape index (κ1) is 16.5. The molecular formula is C17H21BrFNO. The molecule has 4 heteroatoms. The van der Waals surface area contributed by atoms with E-state index in [2.05, 4.69) is 28.9 Å². The average molecular weight is 354 g/mol. The summed E-state index contributed by atoms with van der Waals surface area (Å²) in [6.07, 6.45) is 4.73. The van der Waals surface area contributed by atoms with Crippen LogP contribution in [0.1, 0.15) is 57.1 Å². The summed E-state index contributed by atoms with van der Waals surface area (Å²) >= 11 is 3.11. The molecule has 1 saturated carbocycles. The zero-order valence-corrected chi connectivity index (χ0v) is 13.9. The fraction of sp³-hybridized carbons (Fsp3) is 0.588. The molecule has 0 saturated heterocycles. The molecule has 0 spiro atoms. The summed E-state index contributed by atoms with van der Waals surface area (Å²) < 4.78 is 14.0. The monoisotopic (exact) mass is 353 g/mol. The van der Waals surface area contributed by atoms with E-state index in [1.807, 2.05) is 0 Å². The van der Waals surface area contributed by atoms with Crippen molar-refractivity contribution in [1.82, 2.24) is 0 Å². The van der Waals surface area contributed by atoms with Crippen molar-refractivity contribution in [2.45, 2.75) is 51.6 Å². The van der Waals surface area contributed by atoms with Crippen molar-refractivity contribution in [2.24, 2.45) is 11.3 Å². The van der Waals surface area contributed by atoms with E-state index in [4.69, 9.17) is 0 Å². The molecule has 1 atom stereocenters. The number of nitriles is 1. The second-order valence-corrected chi connectivity index (χ2v) is 6.93. The number of benzene rings is 1.